The summed E-state index contributed by atoms with van der Waals surface area (Å²) in [4.78, 5) is 12.3. The lowest BCUT2D eigenvalue weighted by Crippen LogP contribution is -2.53. The predicted octanol–water partition coefficient (Wildman–Crippen LogP) is 3.14. The van der Waals surface area contributed by atoms with E-state index in [0.717, 1.165) is 38.0 Å². The molecule has 124 valence electrons. The zero-order chi connectivity index (χ0) is 15.3. The topological polar surface area (TPSA) is 64.3 Å². The van der Waals surface area contributed by atoms with Crippen LogP contribution in [0.3, 0.4) is 0 Å². The molecule has 0 spiro atoms. The molecule has 2 rings (SSSR count). The Hall–Kier alpha value is -1.26. The van der Waals surface area contributed by atoms with Crippen LogP contribution in [0.15, 0.2) is 24.3 Å². The van der Waals surface area contributed by atoms with Crippen molar-refractivity contribution in [2.24, 2.45) is 11.7 Å². The number of unbranched alkanes of at least 4 members (excludes halogenated alkanes) is 1. The quantitative estimate of drug-likeness (QED) is 0.721. The number of nitrogens with one attached hydrogen (secondary N) is 1. The highest BCUT2D eigenvalue weighted by Gasteiger charge is 2.41. The first-order valence-electron chi connectivity index (χ1n) is 7.84. The van der Waals surface area contributed by atoms with Crippen LogP contribution in [0.2, 0.25) is 0 Å². The molecular formula is C17H27ClN2O2. The van der Waals surface area contributed by atoms with Crippen molar-refractivity contribution in [2.45, 2.75) is 45.1 Å². The Morgan fingerprint density at radius 3 is 2.50 bits per heavy atom. The summed E-state index contributed by atoms with van der Waals surface area (Å²) in [5.41, 5.74) is 6.20. The number of benzene rings is 1. The average Bonchev–Trinajstić information content (AvgIpc) is 3.33. The molecule has 1 amide bonds. The van der Waals surface area contributed by atoms with E-state index in [9.17, 15) is 4.79 Å². The molecule has 0 saturated heterocycles. The summed E-state index contributed by atoms with van der Waals surface area (Å²) in [6, 6.07) is 7.31. The van der Waals surface area contributed by atoms with E-state index in [0.29, 0.717) is 18.0 Å². The second-order valence-electron chi connectivity index (χ2n) is 6.08. The summed E-state index contributed by atoms with van der Waals surface area (Å²) in [5.74, 6) is 1.27. The molecule has 1 fully saturated rings. The number of amides is 1. The number of carbonyl (C=O) groups is 1. The number of hydrogen-bond donors (Lipinski definition) is 2. The highest BCUT2D eigenvalue weighted by molar-refractivity contribution is 5.94. The zero-order valence-corrected chi connectivity index (χ0v) is 14.2. The van der Waals surface area contributed by atoms with E-state index >= 15 is 0 Å². The second-order valence-corrected chi connectivity index (χ2v) is 6.08. The molecule has 5 heteroatoms. The van der Waals surface area contributed by atoms with Gasteiger partial charge in [0.25, 0.3) is 5.91 Å². The summed E-state index contributed by atoms with van der Waals surface area (Å²) in [6.07, 6.45) is 4.45. The van der Waals surface area contributed by atoms with Gasteiger partial charge in [-0.2, -0.15) is 0 Å². The lowest BCUT2D eigenvalue weighted by Gasteiger charge is -2.29. The number of rotatable bonds is 8. The van der Waals surface area contributed by atoms with Gasteiger partial charge < -0.3 is 15.8 Å². The minimum Gasteiger partial charge on any atom is -0.494 e. The fourth-order valence-electron chi connectivity index (χ4n) is 2.41. The van der Waals surface area contributed by atoms with Crippen molar-refractivity contribution in [1.29, 1.82) is 0 Å². The highest BCUT2D eigenvalue weighted by Crippen LogP contribution is 2.39. The third-order valence-electron chi connectivity index (χ3n) is 4.18. The fourth-order valence-corrected chi connectivity index (χ4v) is 2.41. The van der Waals surface area contributed by atoms with E-state index in [1.165, 1.54) is 0 Å². The summed E-state index contributed by atoms with van der Waals surface area (Å²) in [6.45, 7) is 5.35. The molecule has 1 aliphatic carbocycles. The van der Waals surface area contributed by atoms with E-state index in [1.807, 2.05) is 19.1 Å². The molecule has 0 aromatic heterocycles. The molecule has 1 unspecified atom stereocenters. The first kappa shape index (κ1) is 18.8. The van der Waals surface area contributed by atoms with Crippen LogP contribution in [0.5, 0.6) is 5.75 Å². The monoisotopic (exact) mass is 326 g/mol. The summed E-state index contributed by atoms with van der Waals surface area (Å²) in [5, 5.41) is 3.09. The first-order chi connectivity index (χ1) is 10.1. The van der Waals surface area contributed by atoms with Crippen LogP contribution in [-0.2, 0) is 0 Å². The Morgan fingerprint density at radius 2 is 2.00 bits per heavy atom. The van der Waals surface area contributed by atoms with E-state index in [1.54, 1.807) is 12.1 Å². The average molecular weight is 327 g/mol. The Bertz CT molecular complexity index is 474. The standard InChI is InChI=1S/C17H26N2O2.ClH/c1-3-4-11-21-15-9-5-13(6-10-15)16(20)19-17(2,12-18)14-7-8-14;/h5-6,9-10,14H,3-4,7-8,11-12,18H2,1-2H3,(H,19,20);1H. The van der Waals surface area contributed by atoms with Gasteiger partial charge >= 0.3 is 0 Å². The van der Waals surface area contributed by atoms with Crippen LogP contribution < -0.4 is 15.8 Å². The Morgan fingerprint density at radius 1 is 1.36 bits per heavy atom. The van der Waals surface area contributed by atoms with E-state index in [2.05, 4.69) is 12.2 Å². The maximum atomic E-state index is 12.3. The van der Waals surface area contributed by atoms with Crippen LogP contribution >= 0.6 is 12.4 Å². The van der Waals surface area contributed by atoms with E-state index in [-0.39, 0.29) is 23.9 Å². The zero-order valence-electron chi connectivity index (χ0n) is 13.4. The molecule has 1 aromatic rings. The largest absolute Gasteiger partial charge is 0.494 e. The normalized spacial score (nSPS) is 16.3. The summed E-state index contributed by atoms with van der Waals surface area (Å²) < 4.78 is 5.60. The molecule has 1 saturated carbocycles. The number of ether oxygens (including phenoxy) is 1. The van der Waals surface area contributed by atoms with Gasteiger partial charge in [0.05, 0.1) is 12.1 Å². The Balaban J connectivity index is 0.00000242. The molecular weight excluding hydrogens is 300 g/mol. The molecule has 0 radical (unpaired) electrons. The third-order valence-corrected chi connectivity index (χ3v) is 4.18. The molecule has 1 atom stereocenters. The number of nitrogens with two attached hydrogens (primary N) is 1. The van der Waals surface area contributed by atoms with Crippen molar-refractivity contribution in [1.82, 2.24) is 5.32 Å². The van der Waals surface area contributed by atoms with Crippen LogP contribution in [0.1, 0.15) is 49.9 Å². The van der Waals surface area contributed by atoms with Crippen molar-refractivity contribution < 1.29 is 9.53 Å². The minimum atomic E-state index is -0.284. The second kappa shape index (κ2) is 8.39. The van der Waals surface area contributed by atoms with Gasteiger partial charge in [0.15, 0.2) is 0 Å². The minimum absolute atomic E-state index is 0. The van der Waals surface area contributed by atoms with Gasteiger partial charge in [-0.1, -0.05) is 13.3 Å². The molecule has 0 heterocycles. The maximum Gasteiger partial charge on any atom is 0.251 e. The lowest BCUT2D eigenvalue weighted by molar-refractivity contribution is 0.0898. The number of hydrogen-bond acceptors (Lipinski definition) is 3. The fraction of sp³-hybridized carbons (Fsp3) is 0.588. The van der Waals surface area contributed by atoms with Gasteiger partial charge in [-0.25, -0.2) is 0 Å². The van der Waals surface area contributed by atoms with Crippen molar-refractivity contribution >= 4 is 18.3 Å². The van der Waals surface area contributed by atoms with E-state index in [4.69, 9.17) is 10.5 Å². The predicted molar refractivity (Wildman–Crippen MR) is 91.7 cm³/mol. The van der Waals surface area contributed by atoms with Crippen LogP contribution in [0.25, 0.3) is 0 Å². The van der Waals surface area contributed by atoms with Crippen molar-refractivity contribution in [3.63, 3.8) is 0 Å². The van der Waals surface area contributed by atoms with Crippen molar-refractivity contribution in [3.05, 3.63) is 29.8 Å². The van der Waals surface area contributed by atoms with Crippen molar-refractivity contribution in [2.75, 3.05) is 13.2 Å². The van der Waals surface area contributed by atoms with Crippen LogP contribution in [0, 0.1) is 5.92 Å². The van der Waals surface area contributed by atoms with Gasteiger partial charge in [0, 0.05) is 12.1 Å². The molecule has 0 aliphatic heterocycles. The van der Waals surface area contributed by atoms with Gasteiger partial charge in [0.2, 0.25) is 0 Å². The third kappa shape index (κ3) is 4.89. The Kier molecular flexibility index (Phi) is 7.17. The lowest BCUT2D eigenvalue weighted by atomic mass is 9.95. The highest BCUT2D eigenvalue weighted by atomic mass is 35.5. The van der Waals surface area contributed by atoms with Crippen LogP contribution in [-0.4, -0.2) is 24.6 Å². The smallest absolute Gasteiger partial charge is 0.251 e. The summed E-state index contributed by atoms with van der Waals surface area (Å²) >= 11 is 0. The molecule has 1 aliphatic rings. The number of halogens is 1. The van der Waals surface area contributed by atoms with Gasteiger partial charge in [-0.15, -0.1) is 12.4 Å². The SMILES string of the molecule is CCCCOc1ccc(C(=O)NC(C)(CN)C2CC2)cc1.Cl. The van der Waals surface area contributed by atoms with Gasteiger partial charge in [0.1, 0.15) is 5.75 Å². The van der Waals surface area contributed by atoms with E-state index < -0.39 is 0 Å². The molecule has 1 aromatic carbocycles. The first-order valence-corrected chi connectivity index (χ1v) is 7.84. The molecule has 22 heavy (non-hydrogen) atoms. The van der Waals surface area contributed by atoms with Gasteiger partial charge in [-0.05, 0) is 56.4 Å². The molecule has 4 nitrogen and oxygen atoms in total. The van der Waals surface area contributed by atoms with Gasteiger partial charge in [-0.3, -0.25) is 4.79 Å². The number of carbonyl (C=O) groups excluding carboxylic acids is 1. The van der Waals surface area contributed by atoms with Crippen LogP contribution in [0.4, 0.5) is 0 Å². The van der Waals surface area contributed by atoms with Crippen molar-refractivity contribution in [3.8, 4) is 5.75 Å². The molecule has 3 N–H and O–H groups in total. The summed E-state index contributed by atoms with van der Waals surface area (Å²) in [7, 11) is 0. The molecule has 0 bridgehead atoms. The maximum absolute atomic E-state index is 12.3. The Labute approximate surface area is 139 Å².